The van der Waals surface area contributed by atoms with Gasteiger partial charge < -0.3 is 0 Å². The van der Waals surface area contributed by atoms with Crippen molar-refractivity contribution in [2.24, 2.45) is 4.99 Å². The Labute approximate surface area is 48.4 Å². The highest BCUT2D eigenvalue weighted by molar-refractivity contribution is 7.80. The van der Waals surface area contributed by atoms with Crippen molar-refractivity contribution >= 4 is 23.4 Å². The Morgan fingerprint density at radius 3 is 2.86 bits per heavy atom. The lowest BCUT2D eigenvalue weighted by Crippen LogP contribution is -1.96. The molecule has 38 valence electrons. The van der Waals surface area contributed by atoms with E-state index in [0.29, 0.717) is 0 Å². The number of rotatable bonds is 0. The van der Waals surface area contributed by atoms with Gasteiger partial charge in [-0.05, 0) is 12.8 Å². The summed E-state index contributed by atoms with van der Waals surface area (Å²) >= 11 is 4.81. The summed E-state index contributed by atoms with van der Waals surface area (Å²) in [5, 5.41) is 0. The molecule has 0 fully saturated rings. The summed E-state index contributed by atoms with van der Waals surface area (Å²) in [5.41, 5.74) is 0. The summed E-state index contributed by atoms with van der Waals surface area (Å²) in [5.74, 6) is 0. The van der Waals surface area contributed by atoms with Crippen molar-refractivity contribution in [2.45, 2.75) is 19.3 Å². The number of hydrogen-bond donors (Lipinski definition) is 0. The van der Waals surface area contributed by atoms with Crippen molar-refractivity contribution in [1.29, 1.82) is 0 Å². The Kier molecular flexibility index (Phi) is 1.52. The molecule has 0 bridgehead atoms. The highest BCUT2D eigenvalue weighted by Crippen LogP contribution is 2.02. The highest BCUT2D eigenvalue weighted by atomic mass is 32.1. The molecular formula is C5H7NS. The zero-order chi connectivity index (χ0) is 5.11. The molecule has 0 aromatic heterocycles. The SMILES string of the molecule is S=C1CCCC=N1. The van der Waals surface area contributed by atoms with Crippen LogP contribution in [0.5, 0.6) is 0 Å². The molecule has 0 unspecified atom stereocenters. The highest BCUT2D eigenvalue weighted by Gasteiger charge is 1.96. The van der Waals surface area contributed by atoms with Crippen molar-refractivity contribution in [2.75, 3.05) is 0 Å². The number of thiocarbonyl (C=S) groups is 1. The molecule has 0 atom stereocenters. The fraction of sp³-hybridized carbons (Fsp3) is 0.600. The van der Waals surface area contributed by atoms with Crippen LogP contribution in [-0.4, -0.2) is 11.2 Å². The second-order valence-electron chi connectivity index (χ2n) is 1.60. The van der Waals surface area contributed by atoms with Gasteiger partial charge in [-0.3, -0.25) is 4.99 Å². The summed E-state index contributed by atoms with van der Waals surface area (Å²) in [6, 6.07) is 0. The lowest BCUT2D eigenvalue weighted by molar-refractivity contribution is 0.918. The van der Waals surface area contributed by atoms with Crippen LogP contribution >= 0.6 is 12.2 Å². The number of hydrogen-bond acceptors (Lipinski definition) is 1. The van der Waals surface area contributed by atoms with Crippen LogP contribution in [0.3, 0.4) is 0 Å². The lowest BCUT2D eigenvalue weighted by Gasteiger charge is -1.99. The van der Waals surface area contributed by atoms with Gasteiger partial charge in [-0.25, -0.2) is 0 Å². The molecule has 2 heteroatoms. The molecule has 0 radical (unpaired) electrons. The van der Waals surface area contributed by atoms with Crippen molar-refractivity contribution in [3.8, 4) is 0 Å². The minimum absolute atomic E-state index is 0.867. The Bertz CT molecular complexity index is 107. The van der Waals surface area contributed by atoms with Crippen LogP contribution in [0.4, 0.5) is 0 Å². The van der Waals surface area contributed by atoms with Gasteiger partial charge in [0, 0.05) is 12.6 Å². The molecule has 0 aliphatic carbocycles. The van der Waals surface area contributed by atoms with Crippen LogP contribution in [0.1, 0.15) is 19.3 Å². The maximum Gasteiger partial charge on any atom is 0.103 e. The minimum atomic E-state index is 0.867. The van der Waals surface area contributed by atoms with Gasteiger partial charge in [0.15, 0.2) is 0 Å². The molecule has 1 aliphatic heterocycles. The second-order valence-corrected chi connectivity index (χ2v) is 2.07. The van der Waals surface area contributed by atoms with E-state index in [1.165, 1.54) is 6.42 Å². The molecule has 0 spiro atoms. The van der Waals surface area contributed by atoms with E-state index in [9.17, 15) is 0 Å². The molecule has 1 heterocycles. The maximum atomic E-state index is 4.81. The van der Waals surface area contributed by atoms with Gasteiger partial charge in [0.25, 0.3) is 0 Å². The van der Waals surface area contributed by atoms with E-state index in [1.807, 2.05) is 6.21 Å². The van der Waals surface area contributed by atoms with Gasteiger partial charge in [0.2, 0.25) is 0 Å². The summed E-state index contributed by atoms with van der Waals surface area (Å²) in [6.07, 6.45) is 5.22. The van der Waals surface area contributed by atoms with E-state index in [4.69, 9.17) is 12.2 Å². The maximum absolute atomic E-state index is 4.81. The molecule has 1 nitrogen and oxygen atoms in total. The molecule has 0 amide bonds. The molecule has 0 N–H and O–H groups in total. The molecule has 0 aromatic carbocycles. The van der Waals surface area contributed by atoms with Crippen LogP contribution in [-0.2, 0) is 0 Å². The Hall–Kier alpha value is -0.240. The molecule has 0 saturated carbocycles. The Balaban J connectivity index is 2.51. The van der Waals surface area contributed by atoms with Gasteiger partial charge in [-0.15, -0.1) is 0 Å². The molecule has 0 aromatic rings. The fourth-order valence-electron chi connectivity index (χ4n) is 0.575. The first-order valence-electron chi connectivity index (χ1n) is 2.45. The van der Waals surface area contributed by atoms with Crippen LogP contribution in [0, 0.1) is 0 Å². The first kappa shape index (κ1) is 4.91. The topological polar surface area (TPSA) is 12.4 Å². The normalized spacial score (nSPS) is 20.3. The average Bonchev–Trinajstić information content (AvgIpc) is 1.69. The third-order valence-electron chi connectivity index (χ3n) is 0.959. The number of nitrogens with zero attached hydrogens (tertiary/aromatic N) is 1. The molecule has 7 heavy (non-hydrogen) atoms. The van der Waals surface area contributed by atoms with E-state index < -0.39 is 0 Å². The van der Waals surface area contributed by atoms with Crippen LogP contribution in [0.25, 0.3) is 0 Å². The van der Waals surface area contributed by atoms with E-state index in [2.05, 4.69) is 4.99 Å². The van der Waals surface area contributed by atoms with E-state index in [-0.39, 0.29) is 0 Å². The summed E-state index contributed by atoms with van der Waals surface area (Å²) in [7, 11) is 0. The zero-order valence-corrected chi connectivity index (χ0v) is 4.87. The smallest absolute Gasteiger partial charge is 0.103 e. The minimum Gasteiger partial charge on any atom is -0.254 e. The van der Waals surface area contributed by atoms with Crippen molar-refractivity contribution in [1.82, 2.24) is 0 Å². The van der Waals surface area contributed by atoms with Crippen molar-refractivity contribution < 1.29 is 0 Å². The Morgan fingerprint density at radius 1 is 1.71 bits per heavy atom. The third-order valence-corrected chi connectivity index (χ3v) is 1.27. The third kappa shape index (κ3) is 1.35. The predicted octanol–water partition coefficient (Wildman–Crippen LogP) is 1.57. The summed E-state index contributed by atoms with van der Waals surface area (Å²) < 4.78 is 0. The predicted molar refractivity (Wildman–Crippen MR) is 34.9 cm³/mol. The monoisotopic (exact) mass is 113 g/mol. The summed E-state index contributed by atoms with van der Waals surface area (Å²) in [6.45, 7) is 0. The largest absolute Gasteiger partial charge is 0.254 e. The standard InChI is InChI=1S/C5H7NS/c7-5-3-1-2-4-6-5/h4H,1-3H2. The van der Waals surface area contributed by atoms with Crippen LogP contribution in [0.15, 0.2) is 4.99 Å². The van der Waals surface area contributed by atoms with Gasteiger partial charge >= 0.3 is 0 Å². The van der Waals surface area contributed by atoms with Crippen LogP contribution in [0.2, 0.25) is 0 Å². The molecule has 1 rings (SSSR count). The van der Waals surface area contributed by atoms with E-state index >= 15 is 0 Å². The van der Waals surface area contributed by atoms with Gasteiger partial charge in [-0.1, -0.05) is 12.2 Å². The fourth-order valence-corrected chi connectivity index (χ4v) is 0.794. The van der Waals surface area contributed by atoms with Gasteiger partial charge in [0.1, 0.15) is 4.99 Å². The van der Waals surface area contributed by atoms with Crippen LogP contribution < -0.4 is 0 Å². The van der Waals surface area contributed by atoms with E-state index in [0.717, 1.165) is 17.8 Å². The quantitative estimate of drug-likeness (QED) is 0.434. The molecule has 0 saturated heterocycles. The van der Waals surface area contributed by atoms with Gasteiger partial charge in [0.05, 0.1) is 0 Å². The Morgan fingerprint density at radius 2 is 2.57 bits per heavy atom. The van der Waals surface area contributed by atoms with Crippen molar-refractivity contribution in [3.63, 3.8) is 0 Å². The lowest BCUT2D eigenvalue weighted by atomic mass is 10.2. The second kappa shape index (κ2) is 2.17. The molecular weight excluding hydrogens is 106 g/mol. The number of aliphatic imine (C=N–C) groups is 1. The van der Waals surface area contributed by atoms with Gasteiger partial charge in [-0.2, -0.15) is 0 Å². The first-order valence-corrected chi connectivity index (χ1v) is 2.86. The average molecular weight is 113 g/mol. The molecule has 1 aliphatic rings. The van der Waals surface area contributed by atoms with Crippen molar-refractivity contribution in [3.05, 3.63) is 0 Å². The zero-order valence-electron chi connectivity index (χ0n) is 4.05. The van der Waals surface area contributed by atoms with E-state index in [1.54, 1.807) is 0 Å². The first-order chi connectivity index (χ1) is 3.39. The summed E-state index contributed by atoms with van der Waals surface area (Å²) in [4.78, 5) is 4.80.